The van der Waals surface area contributed by atoms with Crippen LogP contribution in [-0.4, -0.2) is 31.7 Å². The van der Waals surface area contributed by atoms with Crippen LogP contribution in [0.25, 0.3) is 0 Å². The third-order valence-corrected chi connectivity index (χ3v) is 3.99. The van der Waals surface area contributed by atoms with Gasteiger partial charge in [-0.15, -0.1) is 0 Å². The summed E-state index contributed by atoms with van der Waals surface area (Å²) in [7, 11) is 3.07. The molecule has 0 spiro atoms. The van der Waals surface area contributed by atoms with Gasteiger partial charge in [-0.05, 0) is 36.2 Å². The first-order chi connectivity index (χ1) is 11.1. The number of phenols is 1. The molecule has 23 heavy (non-hydrogen) atoms. The Kier molecular flexibility index (Phi) is 4.10. The monoisotopic (exact) mass is 314 g/mol. The molecule has 0 unspecified atom stereocenters. The molecule has 1 aliphatic heterocycles. The lowest BCUT2D eigenvalue weighted by molar-refractivity contribution is 0.0830. The predicted octanol–water partition coefficient (Wildman–Crippen LogP) is 2.84. The Labute approximate surface area is 134 Å². The number of rotatable bonds is 4. The average Bonchev–Trinajstić information content (AvgIpc) is 2.57. The summed E-state index contributed by atoms with van der Waals surface area (Å²) in [6, 6.07) is 10.4. The molecule has 1 heterocycles. The van der Waals surface area contributed by atoms with Crippen LogP contribution in [0.15, 0.2) is 36.4 Å². The van der Waals surface area contributed by atoms with Crippen molar-refractivity contribution in [2.24, 2.45) is 5.92 Å². The van der Waals surface area contributed by atoms with Crippen molar-refractivity contribution in [2.75, 3.05) is 20.8 Å². The first kappa shape index (κ1) is 15.2. The molecule has 1 N–H and O–H groups in total. The van der Waals surface area contributed by atoms with Crippen LogP contribution >= 0.6 is 0 Å². The van der Waals surface area contributed by atoms with Crippen LogP contribution in [0.2, 0.25) is 0 Å². The normalized spacial score (nSPS) is 16.4. The van der Waals surface area contributed by atoms with Gasteiger partial charge in [0.05, 0.1) is 32.3 Å². The van der Waals surface area contributed by atoms with Gasteiger partial charge >= 0.3 is 0 Å². The van der Waals surface area contributed by atoms with E-state index in [9.17, 15) is 9.90 Å². The number of benzene rings is 2. The molecule has 5 heteroatoms. The number of ketones is 1. The minimum Gasteiger partial charge on any atom is -0.504 e. The van der Waals surface area contributed by atoms with Gasteiger partial charge in [0.2, 0.25) is 0 Å². The van der Waals surface area contributed by atoms with Crippen LogP contribution in [0.1, 0.15) is 15.9 Å². The van der Waals surface area contributed by atoms with Crippen LogP contribution in [-0.2, 0) is 6.42 Å². The standard InChI is InChI=1S/C18H18O5/c1-21-13-4-5-14-17(9-13)23-10-12(18(14)20)7-11-3-6-16(22-2)15(19)8-11/h3-6,8-9,12,19H,7,10H2,1-2H3/t12-/m0/s1. The largest absolute Gasteiger partial charge is 0.504 e. The second kappa shape index (κ2) is 6.20. The zero-order chi connectivity index (χ0) is 16.4. The highest BCUT2D eigenvalue weighted by molar-refractivity contribution is 6.01. The minimum absolute atomic E-state index is 0.0456. The molecule has 0 amide bonds. The van der Waals surface area contributed by atoms with Crippen molar-refractivity contribution < 1.29 is 24.1 Å². The van der Waals surface area contributed by atoms with Crippen molar-refractivity contribution in [2.45, 2.75) is 6.42 Å². The van der Waals surface area contributed by atoms with E-state index in [-0.39, 0.29) is 17.5 Å². The summed E-state index contributed by atoms with van der Waals surface area (Å²) in [5.74, 6) is 1.47. The Balaban J connectivity index is 1.80. The molecule has 3 rings (SSSR count). The van der Waals surface area contributed by atoms with E-state index in [1.54, 1.807) is 37.4 Å². The molecule has 5 nitrogen and oxygen atoms in total. The third-order valence-electron chi connectivity index (χ3n) is 3.99. The van der Waals surface area contributed by atoms with E-state index < -0.39 is 0 Å². The molecule has 0 aromatic heterocycles. The number of methoxy groups -OCH3 is 2. The number of carbonyl (C=O) groups is 1. The van der Waals surface area contributed by atoms with Gasteiger partial charge in [-0.25, -0.2) is 0 Å². The van der Waals surface area contributed by atoms with Gasteiger partial charge in [-0.1, -0.05) is 6.07 Å². The lowest BCUT2D eigenvalue weighted by Crippen LogP contribution is -2.29. The lowest BCUT2D eigenvalue weighted by atomic mass is 9.89. The van der Waals surface area contributed by atoms with E-state index in [1.807, 2.05) is 6.07 Å². The number of carbonyl (C=O) groups excluding carboxylic acids is 1. The first-order valence-corrected chi connectivity index (χ1v) is 7.33. The number of hydrogen-bond donors (Lipinski definition) is 1. The summed E-state index contributed by atoms with van der Waals surface area (Å²) in [5.41, 5.74) is 1.43. The molecule has 0 radical (unpaired) electrons. The molecule has 0 aliphatic carbocycles. The van der Waals surface area contributed by atoms with Crippen molar-refractivity contribution in [3.63, 3.8) is 0 Å². The quantitative estimate of drug-likeness (QED) is 0.940. The molecule has 2 aromatic carbocycles. The number of ether oxygens (including phenoxy) is 3. The minimum atomic E-state index is -0.274. The highest BCUT2D eigenvalue weighted by Crippen LogP contribution is 2.33. The van der Waals surface area contributed by atoms with Crippen molar-refractivity contribution >= 4 is 5.78 Å². The fraction of sp³-hybridized carbons (Fsp3) is 0.278. The molecule has 1 aliphatic rings. The summed E-state index contributed by atoms with van der Waals surface area (Å²) in [6.45, 7) is 0.311. The van der Waals surface area contributed by atoms with Crippen molar-refractivity contribution in [1.29, 1.82) is 0 Å². The maximum Gasteiger partial charge on any atom is 0.173 e. The molecule has 0 bridgehead atoms. The Hall–Kier alpha value is -2.69. The number of aromatic hydroxyl groups is 1. The summed E-state index contributed by atoms with van der Waals surface area (Å²) in [4.78, 5) is 12.6. The van der Waals surface area contributed by atoms with Gasteiger partial charge in [-0.3, -0.25) is 4.79 Å². The summed E-state index contributed by atoms with van der Waals surface area (Å²) >= 11 is 0. The second-order valence-corrected chi connectivity index (χ2v) is 5.44. The summed E-state index contributed by atoms with van der Waals surface area (Å²) < 4.78 is 15.9. The Morgan fingerprint density at radius 3 is 2.70 bits per heavy atom. The molecule has 120 valence electrons. The van der Waals surface area contributed by atoms with Gasteiger partial charge in [0.1, 0.15) is 11.5 Å². The smallest absolute Gasteiger partial charge is 0.173 e. The van der Waals surface area contributed by atoms with Crippen LogP contribution in [0.3, 0.4) is 0 Å². The fourth-order valence-corrected chi connectivity index (χ4v) is 2.74. The average molecular weight is 314 g/mol. The third kappa shape index (κ3) is 2.95. The van der Waals surface area contributed by atoms with Crippen molar-refractivity contribution in [3.8, 4) is 23.0 Å². The second-order valence-electron chi connectivity index (χ2n) is 5.44. The molecule has 2 aromatic rings. The zero-order valence-electron chi connectivity index (χ0n) is 13.0. The van der Waals surface area contributed by atoms with Gasteiger partial charge in [0.25, 0.3) is 0 Å². The van der Waals surface area contributed by atoms with Crippen LogP contribution in [0.4, 0.5) is 0 Å². The van der Waals surface area contributed by atoms with E-state index in [0.29, 0.717) is 35.8 Å². The van der Waals surface area contributed by atoms with Crippen LogP contribution in [0, 0.1) is 5.92 Å². The molecule has 0 fully saturated rings. The maximum atomic E-state index is 12.6. The number of hydrogen-bond acceptors (Lipinski definition) is 5. The Bertz CT molecular complexity index is 738. The molecule has 0 saturated heterocycles. The van der Waals surface area contributed by atoms with Gasteiger partial charge < -0.3 is 19.3 Å². The van der Waals surface area contributed by atoms with E-state index in [4.69, 9.17) is 14.2 Å². The molecular weight excluding hydrogens is 296 g/mol. The predicted molar refractivity (Wildman–Crippen MR) is 84.7 cm³/mol. The van der Waals surface area contributed by atoms with Crippen LogP contribution < -0.4 is 14.2 Å². The first-order valence-electron chi connectivity index (χ1n) is 7.33. The van der Waals surface area contributed by atoms with E-state index in [1.165, 1.54) is 7.11 Å². The van der Waals surface area contributed by atoms with Crippen LogP contribution in [0.5, 0.6) is 23.0 Å². The number of Topliss-reactive ketones (excluding diaryl/α,β-unsaturated/α-hetero) is 1. The van der Waals surface area contributed by atoms with Crippen molar-refractivity contribution in [1.82, 2.24) is 0 Å². The van der Waals surface area contributed by atoms with E-state index in [2.05, 4.69) is 0 Å². The number of fused-ring (bicyclic) bond motifs is 1. The maximum absolute atomic E-state index is 12.6. The molecule has 1 atom stereocenters. The number of phenolic OH excluding ortho intramolecular Hbond substituents is 1. The van der Waals surface area contributed by atoms with E-state index in [0.717, 1.165) is 5.56 Å². The topological polar surface area (TPSA) is 65.0 Å². The summed E-state index contributed by atoms with van der Waals surface area (Å²) in [6.07, 6.45) is 0.502. The van der Waals surface area contributed by atoms with Gasteiger partial charge in [-0.2, -0.15) is 0 Å². The zero-order valence-corrected chi connectivity index (χ0v) is 13.0. The Morgan fingerprint density at radius 2 is 2.00 bits per heavy atom. The lowest BCUT2D eigenvalue weighted by Gasteiger charge is -2.24. The highest BCUT2D eigenvalue weighted by Gasteiger charge is 2.29. The van der Waals surface area contributed by atoms with E-state index >= 15 is 0 Å². The summed E-state index contributed by atoms with van der Waals surface area (Å²) in [5, 5.41) is 9.85. The van der Waals surface area contributed by atoms with Gasteiger partial charge in [0.15, 0.2) is 17.3 Å². The fourth-order valence-electron chi connectivity index (χ4n) is 2.74. The Morgan fingerprint density at radius 1 is 1.17 bits per heavy atom. The highest BCUT2D eigenvalue weighted by atomic mass is 16.5. The van der Waals surface area contributed by atoms with Crippen molar-refractivity contribution in [3.05, 3.63) is 47.5 Å². The molecular formula is C18H18O5. The van der Waals surface area contributed by atoms with Gasteiger partial charge in [0, 0.05) is 6.07 Å². The SMILES string of the molecule is COc1ccc2c(c1)OC[C@H](Cc1ccc(OC)c(O)c1)C2=O. The molecule has 0 saturated carbocycles.